The van der Waals surface area contributed by atoms with E-state index in [1.165, 1.54) is 12.8 Å². The van der Waals surface area contributed by atoms with Gasteiger partial charge in [0.15, 0.2) is 0 Å². The minimum atomic E-state index is -3.23. The van der Waals surface area contributed by atoms with Crippen molar-refractivity contribution in [3.8, 4) is 0 Å². The van der Waals surface area contributed by atoms with Crippen LogP contribution in [0.1, 0.15) is 12.8 Å². The van der Waals surface area contributed by atoms with Gasteiger partial charge < -0.3 is 9.84 Å². The normalized spacial score (nSPS) is 15.9. The molecule has 66 valence electrons. The van der Waals surface area contributed by atoms with Gasteiger partial charge in [-0.3, -0.25) is 0 Å². The summed E-state index contributed by atoms with van der Waals surface area (Å²) in [5.41, 5.74) is 0. The van der Waals surface area contributed by atoms with Gasteiger partial charge in [0.2, 0.25) is 0 Å². The van der Waals surface area contributed by atoms with Crippen LogP contribution in [-0.2, 0) is 9.53 Å². The highest BCUT2D eigenvalue weighted by Gasteiger charge is 2.10. The highest BCUT2D eigenvalue weighted by Crippen LogP contribution is 1.98. The Morgan fingerprint density at radius 3 is 1.82 bits per heavy atom. The average Bonchev–Trinajstić information content (AvgIpc) is 2.41. The molecule has 5 heteroatoms. The van der Waals surface area contributed by atoms with E-state index >= 15 is 0 Å². The third-order valence-corrected chi connectivity index (χ3v) is 1.01. The number of hydrogen-bond acceptors (Lipinski definition) is 2. The summed E-state index contributed by atoms with van der Waals surface area (Å²) < 4.78 is 26.1. The fourth-order valence-electron chi connectivity index (χ4n) is 0.510. The van der Waals surface area contributed by atoms with Gasteiger partial charge in [0.25, 0.3) is 0 Å². The van der Waals surface area contributed by atoms with Gasteiger partial charge in [-0.05, 0) is 12.8 Å². The Kier molecular flexibility index (Phi) is 5.64. The molecule has 0 spiro atoms. The number of ether oxygens (including phenoxy) is 1. The number of carbonyl (C=O) groups is 1. The van der Waals surface area contributed by atoms with Gasteiger partial charge in [-0.1, -0.05) is 0 Å². The highest BCUT2D eigenvalue weighted by atomic mass is 19.3. The van der Waals surface area contributed by atoms with Gasteiger partial charge in [-0.2, -0.15) is 8.78 Å². The van der Waals surface area contributed by atoms with Crippen LogP contribution in [-0.4, -0.2) is 30.7 Å². The molecule has 0 saturated carbocycles. The number of alkyl halides is 2. The number of halogens is 2. The number of carboxylic acid groups (broad SMARTS) is 1. The highest BCUT2D eigenvalue weighted by molar-refractivity contribution is 5.70. The van der Waals surface area contributed by atoms with E-state index in [-0.39, 0.29) is 0 Å². The molecule has 3 nitrogen and oxygen atoms in total. The molecule has 11 heavy (non-hydrogen) atoms. The molecule has 0 aliphatic carbocycles. The molecule has 1 N–H and O–H groups in total. The fraction of sp³-hybridized carbons (Fsp3) is 0.833. The van der Waals surface area contributed by atoms with E-state index in [1.807, 2.05) is 0 Å². The molecular weight excluding hydrogens is 158 g/mol. The molecule has 0 atom stereocenters. The van der Waals surface area contributed by atoms with Gasteiger partial charge in [-0.25, -0.2) is 4.79 Å². The van der Waals surface area contributed by atoms with Crippen LogP contribution in [0.3, 0.4) is 0 Å². The Hall–Kier alpha value is -0.710. The first-order valence-electron chi connectivity index (χ1n) is 3.23. The summed E-state index contributed by atoms with van der Waals surface area (Å²) in [5, 5.41) is 7.24. The van der Waals surface area contributed by atoms with Gasteiger partial charge in [0, 0.05) is 13.2 Å². The van der Waals surface area contributed by atoms with Crippen LogP contribution < -0.4 is 0 Å². The summed E-state index contributed by atoms with van der Waals surface area (Å²) in [6, 6.07) is 0. The van der Waals surface area contributed by atoms with Crippen LogP contribution >= 0.6 is 0 Å². The van der Waals surface area contributed by atoms with Crippen LogP contribution in [0.2, 0.25) is 0 Å². The molecule has 1 saturated heterocycles. The standard InChI is InChI=1S/C4H8O.C2H2F2O2/c1-2-4-5-3-1;3-1(4)2(5)6/h1-4H2;1H,(H,5,6). The van der Waals surface area contributed by atoms with E-state index in [0.717, 1.165) is 13.2 Å². The molecule has 1 fully saturated rings. The third-order valence-electron chi connectivity index (χ3n) is 1.01. The number of carboxylic acids is 1. The Balaban J connectivity index is 0.000000183. The summed E-state index contributed by atoms with van der Waals surface area (Å²) in [5.74, 6) is -2.07. The lowest BCUT2D eigenvalue weighted by Crippen LogP contribution is -2.06. The molecule has 1 rings (SSSR count). The summed E-state index contributed by atoms with van der Waals surface area (Å²) in [6.07, 6.45) is -0.676. The molecule has 0 bridgehead atoms. The summed E-state index contributed by atoms with van der Waals surface area (Å²) in [6.45, 7) is 2.00. The first-order valence-corrected chi connectivity index (χ1v) is 3.23. The summed E-state index contributed by atoms with van der Waals surface area (Å²) in [4.78, 5) is 8.95. The van der Waals surface area contributed by atoms with E-state index in [4.69, 9.17) is 14.6 Å². The summed E-state index contributed by atoms with van der Waals surface area (Å²) in [7, 11) is 0. The lowest BCUT2D eigenvalue weighted by Gasteiger charge is -1.81. The van der Waals surface area contributed by atoms with Crippen molar-refractivity contribution in [3.05, 3.63) is 0 Å². The van der Waals surface area contributed by atoms with Crippen molar-refractivity contribution < 1.29 is 23.4 Å². The minimum absolute atomic E-state index is 1.00. The smallest absolute Gasteiger partial charge is 0.371 e. The molecule has 0 aromatic heterocycles. The van der Waals surface area contributed by atoms with E-state index in [1.54, 1.807) is 0 Å². The molecule has 0 aromatic carbocycles. The van der Waals surface area contributed by atoms with Gasteiger partial charge in [0.1, 0.15) is 0 Å². The topological polar surface area (TPSA) is 46.5 Å². The minimum Gasteiger partial charge on any atom is -0.477 e. The van der Waals surface area contributed by atoms with Crippen molar-refractivity contribution >= 4 is 5.97 Å². The largest absolute Gasteiger partial charge is 0.477 e. The molecule has 1 heterocycles. The van der Waals surface area contributed by atoms with Crippen molar-refractivity contribution in [1.82, 2.24) is 0 Å². The quantitative estimate of drug-likeness (QED) is 0.638. The van der Waals surface area contributed by atoms with Crippen molar-refractivity contribution in [2.75, 3.05) is 13.2 Å². The Labute approximate surface area is 63.0 Å². The Bertz CT molecular complexity index is 105. The molecule has 0 unspecified atom stereocenters. The third kappa shape index (κ3) is 7.18. The maximum absolute atomic E-state index is 10.6. The maximum atomic E-state index is 10.6. The van der Waals surface area contributed by atoms with Gasteiger partial charge in [0.05, 0.1) is 0 Å². The Morgan fingerprint density at radius 1 is 1.36 bits per heavy atom. The molecule has 1 aliphatic heterocycles. The zero-order valence-corrected chi connectivity index (χ0v) is 5.93. The zero-order valence-electron chi connectivity index (χ0n) is 5.93. The van der Waals surface area contributed by atoms with E-state index < -0.39 is 12.4 Å². The van der Waals surface area contributed by atoms with Crippen molar-refractivity contribution in [2.24, 2.45) is 0 Å². The molecular formula is C6H10F2O3. The van der Waals surface area contributed by atoms with Crippen molar-refractivity contribution in [1.29, 1.82) is 0 Å². The van der Waals surface area contributed by atoms with Crippen LogP contribution in [0.5, 0.6) is 0 Å². The maximum Gasteiger partial charge on any atom is 0.371 e. The predicted octanol–water partition coefficient (Wildman–Crippen LogP) is 1.13. The monoisotopic (exact) mass is 168 g/mol. The van der Waals surface area contributed by atoms with E-state index in [0.29, 0.717) is 0 Å². The lowest BCUT2D eigenvalue weighted by molar-refractivity contribution is -0.149. The second-order valence-corrected chi connectivity index (χ2v) is 1.96. The van der Waals surface area contributed by atoms with Crippen LogP contribution in [0.25, 0.3) is 0 Å². The first kappa shape index (κ1) is 10.3. The predicted molar refractivity (Wildman–Crippen MR) is 33.7 cm³/mol. The van der Waals surface area contributed by atoms with E-state index in [9.17, 15) is 8.78 Å². The van der Waals surface area contributed by atoms with Crippen LogP contribution in [0.4, 0.5) is 8.78 Å². The Morgan fingerprint density at radius 2 is 1.73 bits per heavy atom. The second-order valence-electron chi connectivity index (χ2n) is 1.96. The second kappa shape index (κ2) is 6.03. The zero-order chi connectivity index (χ0) is 8.69. The first-order chi connectivity index (χ1) is 5.14. The van der Waals surface area contributed by atoms with Gasteiger partial charge >= 0.3 is 12.4 Å². The van der Waals surface area contributed by atoms with Crippen molar-refractivity contribution in [3.63, 3.8) is 0 Å². The molecule has 0 radical (unpaired) electrons. The number of hydrogen-bond donors (Lipinski definition) is 1. The number of rotatable bonds is 1. The fourth-order valence-corrected chi connectivity index (χ4v) is 0.510. The molecule has 1 aliphatic rings. The van der Waals surface area contributed by atoms with Gasteiger partial charge in [-0.15, -0.1) is 0 Å². The summed E-state index contributed by atoms with van der Waals surface area (Å²) >= 11 is 0. The number of aliphatic carboxylic acids is 1. The lowest BCUT2D eigenvalue weighted by atomic mass is 10.4. The SMILES string of the molecule is C1CCOC1.O=C(O)C(F)F. The van der Waals surface area contributed by atoms with Crippen LogP contribution in [0, 0.1) is 0 Å². The van der Waals surface area contributed by atoms with Crippen LogP contribution in [0.15, 0.2) is 0 Å². The molecule has 0 aromatic rings. The molecule has 0 amide bonds. The van der Waals surface area contributed by atoms with E-state index in [2.05, 4.69) is 0 Å². The average molecular weight is 168 g/mol. The van der Waals surface area contributed by atoms with Crippen molar-refractivity contribution in [2.45, 2.75) is 19.3 Å².